The Balaban J connectivity index is 1.71. The van der Waals surface area contributed by atoms with Crippen molar-refractivity contribution in [2.45, 2.75) is 12.7 Å². The average molecular weight is 374 g/mol. The van der Waals surface area contributed by atoms with Gasteiger partial charge in [-0.2, -0.15) is 18.2 Å². The van der Waals surface area contributed by atoms with Gasteiger partial charge in [-0.15, -0.1) is 0 Å². The number of hydrogen-bond acceptors (Lipinski definition) is 5. The second kappa shape index (κ2) is 7.94. The van der Waals surface area contributed by atoms with Crippen molar-refractivity contribution in [3.63, 3.8) is 0 Å². The number of rotatable bonds is 6. The van der Waals surface area contributed by atoms with Crippen LogP contribution in [0.2, 0.25) is 0 Å². The van der Waals surface area contributed by atoms with E-state index in [1.165, 1.54) is 24.4 Å². The van der Waals surface area contributed by atoms with Gasteiger partial charge in [-0.3, -0.25) is 0 Å². The fourth-order valence-electron chi connectivity index (χ4n) is 2.41. The summed E-state index contributed by atoms with van der Waals surface area (Å²) in [5.41, 5.74) is 0.133. The van der Waals surface area contributed by atoms with Crippen LogP contribution in [0.25, 0.3) is 0 Å². The molecule has 1 heterocycles. The fourth-order valence-corrected chi connectivity index (χ4v) is 2.41. The third-order valence-electron chi connectivity index (χ3n) is 3.77. The second-order valence-corrected chi connectivity index (χ2v) is 5.64. The molecule has 0 fully saturated rings. The quantitative estimate of drug-likeness (QED) is 0.645. The first-order chi connectivity index (χ1) is 13.0. The SMILES string of the molecule is COc1ccc(CNc2ccnc(Nc3ccccc3C(F)(F)F)n2)cc1. The topological polar surface area (TPSA) is 59.1 Å². The molecule has 140 valence electrons. The maximum atomic E-state index is 13.1. The van der Waals surface area contributed by atoms with Gasteiger partial charge < -0.3 is 15.4 Å². The van der Waals surface area contributed by atoms with Crippen LogP contribution in [0.4, 0.5) is 30.6 Å². The number of anilines is 3. The molecule has 0 unspecified atom stereocenters. The minimum absolute atomic E-state index is 0.0754. The van der Waals surface area contributed by atoms with Crippen LogP contribution in [0.3, 0.4) is 0 Å². The monoisotopic (exact) mass is 374 g/mol. The van der Waals surface area contributed by atoms with Crippen LogP contribution in [-0.2, 0) is 12.7 Å². The highest BCUT2D eigenvalue weighted by atomic mass is 19.4. The summed E-state index contributed by atoms with van der Waals surface area (Å²) < 4.78 is 44.4. The predicted octanol–water partition coefficient (Wildman–Crippen LogP) is 4.86. The molecule has 0 atom stereocenters. The van der Waals surface area contributed by atoms with E-state index in [1.54, 1.807) is 13.2 Å². The lowest BCUT2D eigenvalue weighted by atomic mass is 10.1. The van der Waals surface area contributed by atoms with Gasteiger partial charge in [-0.25, -0.2) is 4.98 Å². The molecule has 8 heteroatoms. The van der Waals surface area contributed by atoms with Crippen molar-refractivity contribution in [1.29, 1.82) is 0 Å². The summed E-state index contributed by atoms with van der Waals surface area (Å²) >= 11 is 0. The first-order valence-electron chi connectivity index (χ1n) is 8.09. The Morgan fingerprint density at radius 1 is 1.00 bits per heavy atom. The standard InChI is InChI=1S/C19H17F3N4O/c1-27-14-8-6-13(7-9-14)12-24-17-10-11-23-18(26-17)25-16-5-3-2-4-15(16)19(20,21)22/h2-11H,12H2,1H3,(H2,23,24,25,26). The Hall–Kier alpha value is -3.29. The highest BCUT2D eigenvalue weighted by Crippen LogP contribution is 2.35. The highest BCUT2D eigenvalue weighted by molar-refractivity contribution is 5.60. The molecule has 0 spiro atoms. The summed E-state index contributed by atoms with van der Waals surface area (Å²) in [6, 6.07) is 14.3. The Labute approximate surface area is 154 Å². The summed E-state index contributed by atoms with van der Waals surface area (Å²) in [6.45, 7) is 0.500. The fraction of sp³-hybridized carbons (Fsp3) is 0.158. The van der Waals surface area contributed by atoms with E-state index in [-0.39, 0.29) is 11.6 Å². The van der Waals surface area contributed by atoms with Crippen molar-refractivity contribution in [3.05, 3.63) is 71.9 Å². The smallest absolute Gasteiger partial charge is 0.418 e. The number of nitrogens with one attached hydrogen (secondary N) is 2. The molecule has 1 aromatic heterocycles. The van der Waals surface area contributed by atoms with E-state index in [2.05, 4.69) is 20.6 Å². The molecule has 0 aliphatic rings. The van der Waals surface area contributed by atoms with E-state index >= 15 is 0 Å². The van der Waals surface area contributed by atoms with Gasteiger partial charge >= 0.3 is 6.18 Å². The predicted molar refractivity (Wildman–Crippen MR) is 97.1 cm³/mol. The van der Waals surface area contributed by atoms with E-state index in [0.29, 0.717) is 12.4 Å². The average Bonchev–Trinajstić information content (AvgIpc) is 2.67. The summed E-state index contributed by atoms with van der Waals surface area (Å²) in [5.74, 6) is 1.33. The Morgan fingerprint density at radius 2 is 1.74 bits per heavy atom. The molecular formula is C19H17F3N4O. The maximum Gasteiger partial charge on any atom is 0.418 e. The Morgan fingerprint density at radius 3 is 2.44 bits per heavy atom. The van der Waals surface area contributed by atoms with Crippen LogP contribution in [0.1, 0.15) is 11.1 Å². The zero-order valence-corrected chi connectivity index (χ0v) is 14.4. The molecule has 0 aliphatic heterocycles. The lowest BCUT2D eigenvalue weighted by Gasteiger charge is -2.14. The summed E-state index contributed by atoms with van der Waals surface area (Å²) in [5, 5.41) is 5.75. The van der Waals surface area contributed by atoms with Gasteiger partial charge in [0.15, 0.2) is 0 Å². The zero-order valence-electron chi connectivity index (χ0n) is 14.4. The number of alkyl halides is 3. The van der Waals surface area contributed by atoms with E-state index in [9.17, 15) is 13.2 Å². The third-order valence-corrected chi connectivity index (χ3v) is 3.77. The number of aromatic nitrogens is 2. The second-order valence-electron chi connectivity index (χ2n) is 5.64. The third kappa shape index (κ3) is 4.87. The Bertz CT molecular complexity index is 898. The number of benzene rings is 2. The molecule has 27 heavy (non-hydrogen) atoms. The molecule has 0 saturated carbocycles. The van der Waals surface area contributed by atoms with Gasteiger partial charge in [0.1, 0.15) is 11.6 Å². The van der Waals surface area contributed by atoms with E-state index < -0.39 is 11.7 Å². The molecule has 0 bridgehead atoms. The number of para-hydroxylation sites is 1. The molecule has 3 rings (SSSR count). The van der Waals surface area contributed by atoms with Gasteiger partial charge in [-0.05, 0) is 35.9 Å². The first kappa shape index (κ1) is 18.5. The minimum Gasteiger partial charge on any atom is -0.497 e. The lowest BCUT2D eigenvalue weighted by molar-refractivity contribution is -0.136. The van der Waals surface area contributed by atoms with Crippen LogP contribution in [0, 0.1) is 0 Å². The molecule has 3 aromatic rings. The van der Waals surface area contributed by atoms with E-state index in [4.69, 9.17) is 4.74 Å². The summed E-state index contributed by atoms with van der Waals surface area (Å²) in [6.07, 6.45) is -2.99. The van der Waals surface area contributed by atoms with Crippen molar-refractivity contribution in [2.24, 2.45) is 0 Å². The molecule has 0 saturated heterocycles. The molecule has 0 amide bonds. The summed E-state index contributed by atoms with van der Waals surface area (Å²) in [7, 11) is 1.60. The van der Waals surface area contributed by atoms with Gasteiger partial charge in [0.25, 0.3) is 0 Å². The number of halogens is 3. The van der Waals surface area contributed by atoms with Crippen molar-refractivity contribution < 1.29 is 17.9 Å². The lowest BCUT2D eigenvalue weighted by Crippen LogP contribution is -2.10. The molecule has 0 radical (unpaired) electrons. The van der Waals surface area contributed by atoms with E-state index in [1.807, 2.05) is 24.3 Å². The Kier molecular flexibility index (Phi) is 5.44. The van der Waals surface area contributed by atoms with Gasteiger partial charge in [0.2, 0.25) is 5.95 Å². The molecule has 0 aliphatic carbocycles. The molecule has 2 N–H and O–H groups in total. The highest BCUT2D eigenvalue weighted by Gasteiger charge is 2.33. The molecule has 2 aromatic carbocycles. The summed E-state index contributed by atoms with van der Waals surface area (Å²) in [4.78, 5) is 8.20. The minimum atomic E-state index is -4.46. The van der Waals surface area contributed by atoms with Crippen LogP contribution >= 0.6 is 0 Å². The first-order valence-corrected chi connectivity index (χ1v) is 8.09. The van der Waals surface area contributed by atoms with Gasteiger partial charge in [-0.1, -0.05) is 24.3 Å². The van der Waals surface area contributed by atoms with Crippen molar-refractivity contribution in [3.8, 4) is 5.75 Å². The largest absolute Gasteiger partial charge is 0.497 e. The maximum absolute atomic E-state index is 13.1. The van der Waals surface area contributed by atoms with Crippen molar-refractivity contribution >= 4 is 17.5 Å². The molecule has 5 nitrogen and oxygen atoms in total. The molecular weight excluding hydrogens is 357 g/mol. The van der Waals surface area contributed by atoms with Gasteiger partial charge in [0.05, 0.1) is 18.4 Å². The van der Waals surface area contributed by atoms with Crippen molar-refractivity contribution in [1.82, 2.24) is 9.97 Å². The van der Waals surface area contributed by atoms with Crippen molar-refractivity contribution in [2.75, 3.05) is 17.7 Å². The van der Waals surface area contributed by atoms with Crippen LogP contribution < -0.4 is 15.4 Å². The van der Waals surface area contributed by atoms with E-state index in [0.717, 1.165) is 17.4 Å². The van der Waals surface area contributed by atoms with Crippen LogP contribution in [-0.4, -0.2) is 17.1 Å². The van der Waals surface area contributed by atoms with Crippen LogP contribution in [0.15, 0.2) is 60.8 Å². The number of hydrogen-bond donors (Lipinski definition) is 2. The van der Waals surface area contributed by atoms with Gasteiger partial charge in [0, 0.05) is 12.7 Å². The zero-order chi connectivity index (χ0) is 19.3. The number of ether oxygens (including phenoxy) is 1. The number of methoxy groups -OCH3 is 1. The normalized spacial score (nSPS) is 11.1. The number of nitrogens with zero attached hydrogens (tertiary/aromatic N) is 2. The van der Waals surface area contributed by atoms with Crippen LogP contribution in [0.5, 0.6) is 5.75 Å².